The number of hydrogen-bond donors (Lipinski definition) is 0. The summed E-state index contributed by atoms with van der Waals surface area (Å²) in [6.45, 7) is 5.67. The Morgan fingerprint density at radius 3 is 1.48 bits per heavy atom. The second-order valence-electron chi connectivity index (χ2n) is 5.88. The van der Waals surface area contributed by atoms with Gasteiger partial charge in [-0.15, -0.1) is 0 Å². The molecule has 144 valence electrons. The van der Waals surface area contributed by atoms with Gasteiger partial charge in [0, 0.05) is 0 Å². The lowest BCUT2D eigenvalue weighted by Gasteiger charge is -2.23. The van der Waals surface area contributed by atoms with Crippen LogP contribution in [0.2, 0.25) is 0 Å². The number of ether oxygens (including phenoxy) is 2. The predicted molar refractivity (Wildman–Crippen MR) is 81.9 cm³/mol. The first-order chi connectivity index (χ1) is 11.3. The van der Waals surface area contributed by atoms with Gasteiger partial charge in [0.05, 0.1) is 23.3 Å². The third kappa shape index (κ3) is 7.76. The first-order valence-corrected chi connectivity index (χ1v) is 8.78. The van der Waals surface area contributed by atoms with Gasteiger partial charge < -0.3 is 13.9 Å². The standard InChI is InChI=1S/C15H20F6O3Si/c1-8(2)22-13(23-9(3)4)24-25-12-6-10(14(16,17)18)5-11(7-12)15(19,20)21/h5-9,13H,25H2,1-4H3. The van der Waals surface area contributed by atoms with Crippen molar-refractivity contribution >= 4 is 14.9 Å². The molecule has 0 N–H and O–H groups in total. The number of benzene rings is 1. The van der Waals surface area contributed by atoms with Gasteiger partial charge >= 0.3 is 12.4 Å². The van der Waals surface area contributed by atoms with Crippen molar-refractivity contribution in [2.75, 3.05) is 0 Å². The molecule has 1 aromatic rings. The lowest BCUT2D eigenvalue weighted by molar-refractivity contribution is -0.274. The Labute approximate surface area is 144 Å². The van der Waals surface area contributed by atoms with Crippen molar-refractivity contribution in [3.8, 4) is 0 Å². The molecule has 0 aliphatic heterocycles. The monoisotopic (exact) mass is 390 g/mol. The van der Waals surface area contributed by atoms with Crippen molar-refractivity contribution in [3.63, 3.8) is 0 Å². The summed E-state index contributed by atoms with van der Waals surface area (Å²) in [6, 6.07) is 1.43. The average molecular weight is 390 g/mol. The number of rotatable bonds is 7. The molecule has 10 heteroatoms. The molecule has 0 aliphatic rings. The summed E-state index contributed by atoms with van der Waals surface area (Å²) in [6.07, 6.45) is -10.3. The van der Waals surface area contributed by atoms with E-state index in [9.17, 15) is 26.3 Å². The first kappa shape index (κ1) is 21.9. The van der Waals surface area contributed by atoms with E-state index in [1.807, 2.05) is 0 Å². The summed E-state index contributed by atoms with van der Waals surface area (Å²) in [5.74, 6) is 0. The van der Waals surface area contributed by atoms with Gasteiger partial charge in [-0.05, 0) is 51.1 Å². The smallest absolute Gasteiger partial charge is 0.373 e. The highest BCUT2D eigenvalue weighted by molar-refractivity contribution is 6.47. The van der Waals surface area contributed by atoms with Crippen molar-refractivity contribution in [1.82, 2.24) is 0 Å². The highest BCUT2D eigenvalue weighted by atomic mass is 28.2. The Morgan fingerprint density at radius 2 is 1.16 bits per heavy atom. The molecule has 0 amide bonds. The molecule has 3 nitrogen and oxygen atoms in total. The molecule has 0 aliphatic carbocycles. The molecule has 0 saturated carbocycles. The van der Waals surface area contributed by atoms with E-state index in [1.54, 1.807) is 27.7 Å². The molecule has 0 saturated heterocycles. The van der Waals surface area contributed by atoms with Crippen LogP contribution in [0.15, 0.2) is 18.2 Å². The van der Waals surface area contributed by atoms with Gasteiger partial charge in [-0.1, -0.05) is 0 Å². The fourth-order valence-electron chi connectivity index (χ4n) is 1.82. The van der Waals surface area contributed by atoms with E-state index in [4.69, 9.17) is 13.9 Å². The second kappa shape index (κ2) is 8.52. The second-order valence-corrected chi connectivity index (χ2v) is 7.32. The summed E-state index contributed by atoms with van der Waals surface area (Å²) in [5.41, 5.74) is -2.72. The summed E-state index contributed by atoms with van der Waals surface area (Å²) in [5, 5.41) is -0.146. The maximum absolute atomic E-state index is 12.8. The normalized spacial score (nSPS) is 13.8. The van der Waals surface area contributed by atoms with Crippen LogP contribution >= 0.6 is 0 Å². The topological polar surface area (TPSA) is 27.7 Å². The van der Waals surface area contributed by atoms with Crippen LogP contribution in [0.3, 0.4) is 0 Å². The van der Waals surface area contributed by atoms with Gasteiger partial charge in [-0.2, -0.15) is 26.3 Å². The molecule has 1 aromatic carbocycles. The van der Waals surface area contributed by atoms with Crippen LogP contribution in [0.25, 0.3) is 0 Å². The van der Waals surface area contributed by atoms with Crippen molar-refractivity contribution in [2.24, 2.45) is 0 Å². The third-order valence-corrected chi connectivity index (χ3v) is 3.98. The maximum Gasteiger partial charge on any atom is 0.416 e. The summed E-state index contributed by atoms with van der Waals surface area (Å²) < 4.78 is 93.0. The van der Waals surface area contributed by atoms with Crippen LogP contribution in [0, 0.1) is 0 Å². The van der Waals surface area contributed by atoms with Crippen molar-refractivity contribution in [2.45, 2.75) is 58.7 Å². The SMILES string of the molecule is CC(C)OC(O[SiH2]c1cc(C(F)(F)F)cc(C(F)(F)F)c1)OC(C)C. The van der Waals surface area contributed by atoms with Gasteiger partial charge in [0.1, 0.15) is 0 Å². The molecule has 0 unspecified atom stereocenters. The van der Waals surface area contributed by atoms with Crippen LogP contribution in [-0.4, -0.2) is 28.4 Å². The molecule has 1 rings (SSSR count). The van der Waals surface area contributed by atoms with Crippen LogP contribution in [-0.2, 0) is 26.3 Å². The van der Waals surface area contributed by atoms with Crippen molar-refractivity contribution < 1.29 is 40.2 Å². The summed E-state index contributed by atoms with van der Waals surface area (Å²) in [4.78, 5) is 0. The Morgan fingerprint density at radius 1 is 0.760 bits per heavy atom. The minimum atomic E-state index is -4.88. The average Bonchev–Trinajstić information content (AvgIpc) is 2.41. The van der Waals surface area contributed by atoms with Crippen molar-refractivity contribution in [3.05, 3.63) is 29.3 Å². The third-order valence-electron chi connectivity index (χ3n) is 2.80. The number of hydrogen-bond acceptors (Lipinski definition) is 3. The van der Waals surface area contributed by atoms with Gasteiger partial charge in [0.2, 0.25) is 0 Å². The molecule has 0 aromatic heterocycles. The van der Waals surface area contributed by atoms with E-state index in [-0.39, 0.29) is 23.5 Å². The van der Waals surface area contributed by atoms with E-state index in [0.717, 1.165) is 0 Å². The largest absolute Gasteiger partial charge is 0.416 e. The van der Waals surface area contributed by atoms with Gasteiger partial charge in [0.15, 0.2) is 9.76 Å². The van der Waals surface area contributed by atoms with Crippen LogP contribution < -0.4 is 5.19 Å². The summed E-state index contributed by atoms with van der Waals surface area (Å²) in [7, 11) is -1.95. The van der Waals surface area contributed by atoms with Gasteiger partial charge in [-0.25, -0.2) is 0 Å². The Kier molecular flexibility index (Phi) is 7.48. The lowest BCUT2D eigenvalue weighted by Crippen LogP contribution is -2.33. The minimum absolute atomic E-state index is 0.0879. The van der Waals surface area contributed by atoms with Crippen LogP contribution in [0.5, 0.6) is 0 Å². The highest BCUT2D eigenvalue weighted by Crippen LogP contribution is 2.34. The van der Waals surface area contributed by atoms with E-state index < -0.39 is 39.7 Å². The lowest BCUT2D eigenvalue weighted by atomic mass is 10.1. The molecular formula is C15H20F6O3Si. The number of halogens is 6. The molecule has 0 spiro atoms. The molecule has 0 bridgehead atoms. The zero-order chi connectivity index (χ0) is 19.4. The van der Waals surface area contributed by atoms with Crippen LogP contribution in [0.4, 0.5) is 26.3 Å². The van der Waals surface area contributed by atoms with E-state index >= 15 is 0 Å². The quantitative estimate of drug-likeness (QED) is 0.405. The van der Waals surface area contributed by atoms with Gasteiger partial charge in [0.25, 0.3) is 6.48 Å². The molecule has 0 fully saturated rings. The Bertz CT molecular complexity index is 515. The van der Waals surface area contributed by atoms with Crippen molar-refractivity contribution in [1.29, 1.82) is 0 Å². The fourth-order valence-corrected chi connectivity index (χ4v) is 2.91. The highest BCUT2D eigenvalue weighted by Gasteiger charge is 2.37. The maximum atomic E-state index is 12.8. The minimum Gasteiger partial charge on any atom is -0.373 e. The van der Waals surface area contributed by atoms with E-state index in [2.05, 4.69) is 0 Å². The number of alkyl halides is 6. The van der Waals surface area contributed by atoms with E-state index in [0.29, 0.717) is 12.1 Å². The molecule has 25 heavy (non-hydrogen) atoms. The van der Waals surface area contributed by atoms with Gasteiger partial charge in [-0.3, -0.25) is 0 Å². The predicted octanol–water partition coefficient (Wildman–Crippen LogP) is 3.58. The van der Waals surface area contributed by atoms with Crippen LogP contribution in [0.1, 0.15) is 38.8 Å². The Balaban J connectivity index is 3.02. The summed E-state index contributed by atoms with van der Waals surface area (Å²) >= 11 is 0. The molecule has 0 radical (unpaired) electrons. The zero-order valence-electron chi connectivity index (χ0n) is 14.2. The molecule has 0 heterocycles. The molecular weight excluding hydrogens is 370 g/mol. The fraction of sp³-hybridized carbons (Fsp3) is 0.600. The molecule has 0 atom stereocenters. The Hall–Kier alpha value is -1.10. The zero-order valence-corrected chi connectivity index (χ0v) is 15.6. The van der Waals surface area contributed by atoms with E-state index in [1.165, 1.54) is 0 Å². The first-order valence-electron chi connectivity index (χ1n) is 7.50.